The van der Waals surface area contributed by atoms with Crippen LogP contribution in [-0.4, -0.2) is 16.3 Å². The van der Waals surface area contributed by atoms with E-state index in [0.717, 1.165) is 25.9 Å². The zero-order valence-corrected chi connectivity index (χ0v) is 12.0. The fourth-order valence-corrected chi connectivity index (χ4v) is 2.13. The summed E-state index contributed by atoms with van der Waals surface area (Å²) in [6.45, 7) is 13.3. The monoisotopic (exact) mass is 237 g/mol. The number of hydrogen-bond donors (Lipinski definition) is 1. The maximum atomic E-state index is 4.43. The second-order valence-electron chi connectivity index (χ2n) is 5.73. The van der Waals surface area contributed by atoms with E-state index in [-0.39, 0.29) is 5.41 Å². The predicted molar refractivity (Wildman–Crippen MR) is 73.0 cm³/mol. The van der Waals surface area contributed by atoms with Crippen LogP contribution in [0, 0.1) is 5.41 Å². The van der Waals surface area contributed by atoms with Gasteiger partial charge in [0, 0.05) is 12.7 Å². The summed E-state index contributed by atoms with van der Waals surface area (Å²) < 4.78 is 2.14. The largest absolute Gasteiger partial charge is 0.308 e. The molecule has 0 bridgehead atoms. The lowest BCUT2D eigenvalue weighted by Crippen LogP contribution is -2.34. The molecular weight excluding hydrogens is 210 g/mol. The molecule has 1 N–H and O–H groups in total. The van der Waals surface area contributed by atoms with Gasteiger partial charge < -0.3 is 5.32 Å². The number of nitrogens with one attached hydrogen (secondary N) is 1. The average molecular weight is 237 g/mol. The smallest absolute Gasteiger partial charge is 0.0558 e. The quantitative estimate of drug-likeness (QED) is 0.822. The SMILES string of the molecule is CCCNC(c1ccnn1CCC)C(C)(C)C. The first kappa shape index (κ1) is 14.2. The molecule has 3 heteroatoms. The Kier molecular flexibility index (Phi) is 5.19. The van der Waals surface area contributed by atoms with Crippen molar-refractivity contribution in [3.8, 4) is 0 Å². The van der Waals surface area contributed by atoms with Gasteiger partial charge in [-0.25, -0.2) is 0 Å². The maximum Gasteiger partial charge on any atom is 0.0558 e. The van der Waals surface area contributed by atoms with Crippen LogP contribution in [0.15, 0.2) is 12.3 Å². The molecule has 0 aliphatic rings. The summed E-state index contributed by atoms with van der Waals surface area (Å²) in [7, 11) is 0. The van der Waals surface area contributed by atoms with Gasteiger partial charge in [-0.2, -0.15) is 5.10 Å². The van der Waals surface area contributed by atoms with E-state index in [9.17, 15) is 0 Å². The first-order valence-electron chi connectivity index (χ1n) is 6.75. The third kappa shape index (κ3) is 3.84. The van der Waals surface area contributed by atoms with Gasteiger partial charge in [0.1, 0.15) is 0 Å². The summed E-state index contributed by atoms with van der Waals surface area (Å²) in [4.78, 5) is 0. The van der Waals surface area contributed by atoms with E-state index >= 15 is 0 Å². The molecule has 0 aromatic carbocycles. The molecule has 1 aromatic heterocycles. The van der Waals surface area contributed by atoms with Gasteiger partial charge in [-0.05, 0) is 30.9 Å². The second kappa shape index (κ2) is 6.20. The Labute approximate surface area is 106 Å². The van der Waals surface area contributed by atoms with Crippen molar-refractivity contribution in [3.05, 3.63) is 18.0 Å². The zero-order chi connectivity index (χ0) is 12.9. The van der Waals surface area contributed by atoms with Gasteiger partial charge in [0.05, 0.1) is 11.7 Å². The molecule has 0 amide bonds. The van der Waals surface area contributed by atoms with Gasteiger partial charge in [0.15, 0.2) is 0 Å². The normalized spacial score (nSPS) is 13.9. The molecule has 98 valence electrons. The predicted octanol–water partition coefficient (Wildman–Crippen LogP) is 3.38. The average Bonchev–Trinajstić information content (AvgIpc) is 2.66. The van der Waals surface area contributed by atoms with Crippen molar-refractivity contribution in [3.63, 3.8) is 0 Å². The van der Waals surface area contributed by atoms with E-state index in [4.69, 9.17) is 0 Å². The first-order chi connectivity index (χ1) is 8.00. The molecule has 1 atom stereocenters. The van der Waals surface area contributed by atoms with Gasteiger partial charge in [0.2, 0.25) is 0 Å². The van der Waals surface area contributed by atoms with Crippen molar-refractivity contribution in [2.75, 3.05) is 6.54 Å². The third-order valence-electron chi connectivity index (χ3n) is 2.95. The molecule has 0 saturated heterocycles. The van der Waals surface area contributed by atoms with Gasteiger partial charge in [-0.15, -0.1) is 0 Å². The minimum absolute atomic E-state index is 0.209. The molecule has 17 heavy (non-hydrogen) atoms. The number of nitrogens with zero attached hydrogens (tertiary/aromatic N) is 2. The van der Waals surface area contributed by atoms with Gasteiger partial charge in [-0.3, -0.25) is 4.68 Å². The molecule has 0 radical (unpaired) electrons. The fourth-order valence-electron chi connectivity index (χ4n) is 2.13. The molecular formula is C14H27N3. The highest BCUT2D eigenvalue weighted by Gasteiger charge is 2.28. The lowest BCUT2D eigenvalue weighted by Gasteiger charge is -2.32. The van der Waals surface area contributed by atoms with E-state index in [1.54, 1.807) is 0 Å². The first-order valence-corrected chi connectivity index (χ1v) is 6.75. The van der Waals surface area contributed by atoms with Crippen LogP contribution in [0.4, 0.5) is 0 Å². The topological polar surface area (TPSA) is 29.9 Å². The van der Waals surface area contributed by atoms with E-state index in [2.05, 4.69) is 55.8 Å². The molecule has 1 heterocycles. The molecule has 1 aromatic rings. The van der Waals surface area contributed by atoms with Crippen molar-refractivity contribution in [1.82, 2.24) is 15.1 Å². The Bertz CT molecular complexity index is 322. The standard InChI is InChI=1S/C14H27N3/c1-6-9-15-13(14(3,4)5)12-8-10-16-17(12)11-7-2/h8,10,13,15H,6-7,9,11H2,1-5H3. The van der Waals surface area contributed by atoms with E-state index in [1.165, 1.54) is 5.69 Å². The van der Waals surface area contributed by atoms with Crippen LogP contribution in [0.2, 0.25) is 0 Å². The summed E-state index contributed by atoms with van der Waals surface area (Å²) in [6, 6.07) is 2.52. The number of aromatic nitrogens is 2. The Hall–Kier alpha value is -0.830. The van der Waals surface area contributed by atoms with Crippen LogP contribution in [0.3, 0.4) is 0 Å². The molecule has 1 rings (SSSR count). The number of aryl methyl sites for hydroxylation is 1. The van der Waals surface area contributed by atoms with Gasteiger partial charge in [0.25, 0.3) is 0 Å². The summed E-state index contributed by atoms with van der Waals surface area (Å²) in [5.74, 6) is 0. The maximum absolute atomic E-state index is 4.43. The molecule has 3 nitrogen and oxygen atoms in total. The van der Waals surface area contributed by atoms with Crippen molar-refractivity contribution < 1.29 is 0 Å². The summed E-state index contributed by atoms with van der Waals surface area (Å²) in [5.41, 5.74) is 1.52. The highest BCUT2D eigenvalue weighted by atomic mass is 15.3. The highest BCUT2D eigenvalue weighted by molar-refractivity contribution is 5.10. The summed E-state index contributed by atoms with van der Waals surface area (Å²) in [6.07, 6.45) is 4.20. The molecule has 0 aliphatic carbocycles. The van der Waals surface area contributed by atoms with Crippen LogP contribution in [0.1, 0.15) is 59.2 Å². The van der Waals surface area contributed by atoms with Crippen molar-refractivity contribution >= 4 is 0 Å². The number of rotatable bonds is 6. The van der Waals surface area contributed by atoms with Crippen molar-refractivity contribution in [2.24, 2.45) is 5.41 Å². The number of hydrogen-bond acceptors (Lipinski definition) is 2. The molecule has 1 unspecified atom stereocenters. The zero-order valence-electron chi connectivity index (χ0n) is 12.0. The van der Waals surface area contributed by atoms with Crippen LogP contribution in [0.5, 0.6) is 0 Å². The van der Waals surface area contributed by atoms with Crippen LogP contribution in [0.25, 0.3) is 0 Å². The van der Waals surface area contributed by atoms with Gasteiger partial charge in [-0.1, -0.05) is 34.6 Å². The second-order valence-corrected chi connectivity index (χ2v) is 5.73. The highest BCUT2D eigenvalue weighted by Crippen LogP contribution is 2.32. The molecule has 0 saturated carbocycles. The fraction of sp³-hybridized carbons (Fsp3) is 0.786. The lowest BCUT2D eigenvalue weighted by atomic mass is 9.84. The van der Waals surface area contributed by atoms with Crippen molar-refractivity contribution in [2.45, 2.75) is 60.0 Å². The Balaban J connectivity index is 2.91. The Morgan fingerprint density at radius 1 is 1.29 bits per heavy atom. The molecule has 0 fully saturated rings. The summed E-state index contributed by atoms with van der Waals surface area (Å²) >= 11 is 0. The lowest BCUT2D eigenvalue weighted by molar-refractivity contribution is 0.258. The minimum atomic E-state index is 0.209. The van der Waals surface area contributed by atoms with Crippen molar-refractivity contribution in [1.29, 1.82) is 0 Å². The Morgan fingerprint density at radius 3 is 2.53 bits per heavy atom. The van der Waals surface area contributed by atoms with Crippen LogP contribution >= 0.6 is 0 Å². The molecule has 0 spiro atoms. The molecule has 0 aliphatic heterocycles. The van der Waals surface area contributed by atoms with Crippen LogP contribution in [-0.2, 0) is 6.54 Å². The summed E-state index contributed by atoms with van der Waals surface area (Å²) in [5, 5.41) is 8.07. The van der Waals surface area contributed by atoms with E-state index in [1.807, 2.05) is 6.20 Å². The third-order valence-corrected chi connectivity index (χ3v) is 2.95. The van der Waals surface area contributed by atoms with E-state index in [0.29, 0.717) is 6.04 Å². The van der Waals surface area contributed by atoms with E-state index < -0.39 is 0 Å². The van der Waals surface area contributed by atoms with Crippen LogP contribution < -0.4 is 5.32 Å². The minimum Gasteiger partial charge on any atom is -0.308 e. The Morgan fingerprint density at radius 2 is 2.00 bits per heavy atom. The van der Waals surface area contributed by atoms with Gasteiger partial charge >= 0.3 is 0 Å².